The van der Waals surface area contributed by atoms with Crippen LogP contribution in [0.15, 0.2) is 23.1 Å². The minimum atomic E-state index is -3.41. The largest absolute Gasteiger partial charge is 0.495 e. The predicted octanol–water partition coefficient (Wildman–Crippen LogP) is 2.80. The van der Waals surface area contributed by atoms with Gasteiger partial charge in [0.15, 0.2) is 9.84 Å². The Morgan fingerprint density at radius 2 is 1.75 bits per heavy atom. The van der Waals surface area contributed by atoms with Crippen molar-refractivity contribution in [3.8, 4) is 0 Å². The van der Waals surface area contributed by atoms with Crippen LogP contribution in [0.4, 0.5) is 0 Å². The summed E-state index contributed by atoms with van der Waals surface area (Å²) < 4.78 is 39.2. The molecule has 0 bridgehead atoms. The van der Waals surface area contributed by atoms with Crippen molar-refractivity contribution in [2.45, 2.75) is 75.7 Å². The van der Waals surface area contributed by atoms with Gasteiger partial charge >= 0.3 is 7.12 Å². The first-order valence-corrected chi connectivity index (χ1v) is 11.8. The molecule has 1 unspecified atom stereocenters. The van der Waals surface area contributed by atoms with Gasteiger partial charge in [-0.25, -0.2) is 8.42 Å². The SMILES string of the molecule is Cc1ccc(S(=O)(=O)C2CCN(C)C[C@H](C)C2)cc1B1OC(C)(C)C(C)(C)O1. The zero-order valence-corrected chi connectivity index (χ0v) is 19.1. The number of nitrogens with zero attached hydrogens (tertiary/aromatic N) is 1. The van der Waals surface area contributed by atoms with Crippen LogP contribution in [0.25, 0.3) is 0 Å². The van der Waals surface area contributed by atoms with Crippen molar-refractivity contribution in [1.29, 1.82) is 0 Å². The molecule has 2 saturated heterocycles. The predicted molar refractivity (Wildman–Crippen MR) is 114 cm³/mol. The molecule has 1 aromatic rings. The molecule has 2 aliphatic heterocycles. The molecule has 0 spiro atoms. The molecule has 2 aliphatic rings. The lowest BCUT2D eigenvalue weighted by Crippen LogP contribution is -2.41. The normalized spacial score (nSPS) is 28.3. The molecular formula is C21H34BNO4S. The van der Waals surface area contributed by atoms with Crippen molar-refractivity contribution in [2.24, 2.45) is 5.92 Å². The van der Waals surface area contributed by atoms with E-state index < -0.39 is 28.2 Å². The van der Waals surface area contributed by atoms with Crippen LogP contribution >= 0.6 is 0 Å². The lowest BCUT2D eigenvalue weighted by molar-refractivity contribution is 0.00578. The number of hydrogen-bond donors (Lipinski definition) is 0. The number of aryl methyl sites for hydroxylation is 1. The Morgan fingerprint density at radius 3 is 2.36 bits per heavy atom. The molecule has 0 aromatic heterocycles. The smallest absolute Gasteiger partial charge is 0.399 e. The van der Waals surface area contributed by atoms with Gasteiger partial charge in [-0.05, 0) is 84.6 Å². The highest BCUT2D eigenvalue weighted by Gasteiger charge is 2.52. The first-order valence-electron chi connectivity index (χ1n) is 10.2. The number of hydrogen-bond acceptors (Lipinski definition) is 5. The zero-order valence-electron chi connectivity index (χ0n) is 18.3. The Balaban J connectivity index is 1.93. The minimum Gasteiger partial charge on any atom is -0.399 e. The van der Waals surface area contributed by atoms with Crippen molar-refractivity contribution < 1.29 is 17.7 Å². The highest BCUT2D eigenvalue weighted by Crippen LogP contribution is 2.37. The molecule has 0 aliphatic carbocycles. The molecule has 2 heterocycles. The van der Waals surface area contributed by atoms with Crippen LogP contribution in [-0.4, -0.2) is 57.0 Å². The highest BCUT2D eigenvalue weighted by atomic mass is 32.2. The Hall–Kier alpha value is -0.885. The number of sulfone groups is 1. The molecule has 28 heavy (non-hydrogen) atoms. The third-order valence-electron chi connectivity index (χ3n) is 6.65. The molecular weight excluding hydrogens is 373 g/mol. The average Bonchev–Trinajstić information content (AvgIpc) is 2.68. The summed E-state index contributed by atoms with van der Waals surface area (Å²) in [5, 5.41) is -0.346. The number of benzene rings is 1. The van der Waals surface area contributed by atoms with Crippen molar-refractivity contribution in [3.63, 3.8) is 0 Å². The van der Waals surface area contributed by atoms with Crippen LogP contribution in [0.2, 0.25) is 0 Å². The summed E-state index contributed by atoms with van der Waals surface area (Å²) in [6, 6.07) is 5.38. The lowest BCUT2D eigenvalue weighted by Gasteiger charge is -2.32. The van der Waals surface area contributed by atoms with Gasteiger partial charge in [-0.3, -0.25) is 0 Å². The van der Waals surface area contributed by atoms with Crippen LogP contribution in [0.1, 0.15) is 53.0 Å². The maximum Gasteiger partial charge on any atom is 0.495 e. The van der Waals surface area contributed by atoms with Crippen LogP contribution in [0.5, 0.6) is 0 Å². The minimum absolute atomic E-state index is 0.346. The van der Waals surface area contributed by atoms with Gasteiger partial charge < -0.3 is 14.2 Å². The van der Waals surface area contributed by atoms with Crippen molar-refractivity contribution in [2.75, 3.05) is 20.1 Å². The van der Waals surface area contributed by atoms with E-state index in [9.17, 15) is 8.42 Å². The fourth-order valence-electron chi connectivity index (χ4n) is 4.12. The zero-order chi connectivity index (χ0) is 20.9. The Labute approximate surface area is 170 Å². The molecule has 2 atom stereocenters. The van der Waals surface area contributed by atoms with E-state index in [1.54, 1.807) is 12.1 Å². The molecule has 0 N–H and O–H groups in total. The Kier molecular flexibility index (Phi) is 5.78. The first-order chi connectivity index (χ1) is 12.8. The van der Waals surface area contributed by atoms with Gasteiger partial charge in [0.1, 0.15) is 0 Å². The van der Waals surface area contributed by atoms with Gasteiger partial charge in [0.2, 0.25) is 0 Å². The van der Waals surface area contributed by atoms with E-state index in [1.165, 1.54) is 0 Å². The highest BCUT2D eigenvalue weighted by molar-refractivity contribution is 7.92. The van der Waals surface area contributed by atoms with Crippen LogP contribution < -0.4 is 5.46 Å². The Morgan fingerprint density at radius 1 is 1.14 bits per heavy atom. The summed E-state index contributed by atoms with van der Waals surface area (Å²) >= 11 is 0. The molecule has 0 saturated carbocycles. The van der Waals surface area contributed by atoms with Crippen molar-refractivity contribution in [3.05, 3.63) is 23.8 Å². The molecule has 7 heteroatoms. The average molecular weight is 407 g/mol. The van der Waals surface area contributed by atoms with Crippen molar-refractivity contribution in [1.82, 2.24) is 4.90 Å². The van der Waals surface area contributed by atoms with E-state index in [1.807, 2.05) is 40.7 Å². The van der Waals surface area contributed by atoms with Gasteiger partial charge in [0.05, 0.1) is 21.3 Å². The van der Waals surface area contributed by atoms with Crippen LogP contribution in [0.3, 0.4) is 0 Å². The molecule has 2 fully saturated rings. The second kappa shape index (κ2) is 7.42. The number of rotatable bonds is 3. The molecule has 156 valence electrons. The van der Waals surface area contributed by atoms with Gasteiger partial charge in [-0.15, -0.1) is 0 Å². The topological polar surface area (TPSA) is 55.8 Å². The second-order valence-electron chi connectivity index (χ2n) is 9.67. The monoisotopic (exact) mass is 407 g/mol. The molecule has 0 radical (unpaired) electrons. The van der Waals surface area contributed by atoms with E-state index in [0.29, 0.717) is 23.7 Å². The van der Waals surface area contributed by atoms with E-state index in [4.69, 9.17) is 9.31 Å². The van der Waals surface area contributed by atoms with Gasteiger partial charge in [-0.2, -0.15) is 0 Å². The lowest BCUT2D eigenvalue weighted by atomic mass is 9.76. The fourth-order valence-corrected chi connectivity index (χ4v) is 6.05. The second-order valence-corrected chi connectivity index (χ2v) is 11.9. The van der Waals surface area contributed by atoms with E-state index in [-0.39, 0.29) is 5.25 Å². The van der Waals surface area contributed by atoms with E-state index in [0.717, 1.165) is 24.1 Å². The third-order valence-corrected chi connectivity index (χ3v) is 8.86. The van der Waals surface area contributed by atoms with E-state index in [2.05, 4.69) is 18.9 Å². The van der Waals surface area contributed by atoms with Gasteiger partial charge in [-0.1, -0.05) is 18.6 Å². The molecule has 3 rings (SSSR count). The summed E-state index contributed by atoms with van der Waals surface area (Å²) in [6.07, 6.45) is 1.37. The van der Waals surface area contributed by atoms with Gasteiger partial charge in [0.25, 0.3) is 0 Å². The first kappa shape index (κ1) is 21.8. The van der Waals surface area contributed by atoms with Gasteiger partial charge in [0, 0.05) is 6.54 Å². The maximum absolute atomic E-state index is 13.4. The van der Waals surface area contributed by atoms with Crippen LogP contribution in [0, 0.1) is 12.8 Å². The summed E-state index contributed by atoms with van der Waals surface area (Å²) in [6.45, 7) is 13.9. The molecule has 0 amide bonds. The summed E-state index contributed by atoms with van der Waals surface area (Å²) in [5.41, 5.74) is 0.866. The fraction of sp³-hybridized carbons (Fsp3) is 0.714. The quantitative estimate of drug-likeness (QED) is 0.722. The third kappa shape index (κ3) is 4.04. The maximum atomic E-state index is 13.4. The summed E-state index contributed by atoms with van der Waals surface area (Å²) in [4.78, 5) is 2.61. The molecule has 5 nitrogen and oxygen atoms in total. The van der Waals surface area contributed by atoms with Crippen LogP contribution in [-0.2, 0) is 19.1 Å². The Bertz CT molecular complexity index is 821. The molecule has 1 aromatic carbocycles. The standard InChI is InChI=1S/C21H34BNO4S/c1-15-12-18(10-11-23(7)14-15)28(24,25)17-9-8-16(2)19(13-17)22-26-20(3,4)21(5,6)27-22/h8-9,13,15,18H,10-12,14H2,1-7H3/t15-,18?/m1/s1. The number of likely N-dealkylation sites (tertiary alicyclic amines) is 1. The van der Waals surface area contributed by atoms with Crippen molar-refractivity contribution >= 4 is 22.4 Å². The van der Waals surface area contributed by atoms with E-state index >= 15 is 0 Å². The summed E-state index contributed by atoms with van der Waals surface area (Å²) in [5.74, 6) is 0.361. The summed E-state index contributed by atoms with van der Waals surface area (Å²) in [7, 11) is -1.90.